The van der Waals surface area contributed by atoms with Crippen LogP contribution in [0.4, 0.5) is 13.2 Å². The summed E-state index contributed by atoms with van der Waals surface area (Å²) in [7, 11) is 0. The van der Waals surface area contributed by atoms with Crippen molar-refractivity contribution in [2.24, 2.45) is 5.92 Å². The second kappa shape index (κ2) is 14.9. The highest BCUT2D eigenvalue weighted by atomic mass is 19.2. The number of aryl methyl sites for hydroxylation is 1. The summed E-state index contributed by atoms with van der Waals surface area (Å²) in [5, 5.41) is 0. The molecule has 5 heteroatoms. The molecule has 2 aromatic rings. The first-order valence-corrected chi connectivity index (χ1v) is 15.2. The first-order chi connectivity index (χ1) is 19.0. The molecule has 2 aliphatic rings. The standard InChI is InChI=1S/C34H45F3O2/c1-3-5-21-38-28-16-13-26(14-17-28)31-19-15-27(33(36)34(31)37)12-9-24-7-10-25(11-8-24)30-20-18-29(23-32(30)35)39-22-6-4-2/h13,15,18-20,23-25,28H,3-12,14,16-17,21-22H2,1-2H3. The maximum Gasteiger partial charge on any atom is 0.166 e. The zero-order chi connectivity index (χ0) is 27.6. The van der Waals surface area contributed by atoms with Crippen LogP contribution in [-0.4, -0.2) is 19.3 Å². The Labute approximate surface area is 233 Å². The van der Waals surface area contributed by atoms with Crippen molar-refractivity contribution in [3.8, 4) is 5.75 Å². The number of halogens is 3. The molecule has 0 heterocycles. The summed E-state index contributed by atoms with van der Waals surface area (Å²) in [6.45, 7) is 5.62. The van der Waals surface area contributed by atoms with Gasteiger partial charge in [-0.15, -0.1) is 0 Å². The normalized spacial score (nSPS) is 21.6. The lowest BCUT2D eigenvalue weighted by molar-refractivity contribution is 0.0466. The lowest BCUT2D eigenvalue weighted by Crippen LogP contribution is -2.17. The Kier molecular flexibility index (Phi) is 11.4. The molecule has 1 unspecified atom stereocenters. The smallest absolute Gasteiger partial charge is 0.166 e. The SMILES string of the molecule is CCCCOc1ccc(C2CCC(CCc3ccc(C4=CCC(OCCCC)CC4)c(F)c3F)CC2)c(F)c1. The first kappa shape index (κ1) is 29.7. The van der Waals surface area contributed by atoms with Crippen LogP contribution < -0.4 is 4.74 Å². The highest BCUT2D eigenvalue weighted by Gasteiger charge is 2.26. The number of benzene rings is 2. The minimum absolute atomic E-state index is 0.183. The topological polar surface area (TPSA) is 18.5 Å². The van der Waals surface area contributed by atoms with Crippen LogP contribution in [0.3, 0.4) is 0 Å². The zero-order valence-electron chi connectivity index (χ0n) is 23.8. The fourth-order valence-corrected chi connectivity index (χ4v) is 6.02. The predicted octanol–water partition coefficient (Wildman–Crippen LogP) is 9.94. The van der Waals surface area contributed by atoms with Crippen LogP contribution in [-0.2, 0) is 11.2 Å². The molecule has 1 atom stereocenters. The van der Waals surface area contributed by atoms with E-state index in [9.17, 15) is 4.39 Å². The summed E-state index contributed by atoms with van der Waals surface area (Å²) < 4.78 is 56.4. The second-order valence-electron chi connectivity index (χ2n) is 11.4. The third kappa shape index (κ3) is 8.13. The molecule has 2 aromatic carbocycles. The second-order valence-corrected chi connectivity index (χ2v) is 11.4. The van der Waals surface area contributed by atoms with Gasteiger partial charge in [0, 0.05) is 18.2 Å². The number of hydrogen-bond acceptors (Lipinski definition) is 2. The Bertz CT molecular complexity index is 1090. The summed E-state index contributed by atoms with van der Waals surface area (Å²) in [5.74, 6) is -0.345. The van der Waals surface area contributed by atoms with E-state index in [4.69, 9.17) is 9.47 Å². The number of allylic oxidation sites excluding steroid dienone is 1. The molecule has 1 fully saturated rings. The van der Waals surface area contributed by atoms with Crippen molar-refractivity contribution in [2.75, 3.05) is 13.2 Å². The number of ether oxygens (including phenoxy) is 2. The molecular weight excluding hydrogens is 497 g/mol. The largest absolute Gasteiger partial charge is 0.493 e. The van der Waals surface area contributed by atoms with E-state index in [0.29, 0.717) is 42.2 Å². The summed E-state index contributed by atoms with van der Waals surface area (Å²) >= 11 is 0. The molecule has 1 saturated carbocycles. The van der Waals surface area contributed by atoms with Gasteiger partial charge in [-0.3, -0.25) is 0 Å². The minimum Gasteiger partial charge on any atom is -0.493 e. The maximum absolute atomic E-state index is 15.1. The highest BCUT2D eigenvalue weighted by molar-refractivity contribution is 5.67. The van der Waals surface area contributed by atoms with Gasteiger partial charge in [-0.05, 0) is 105 Å². The van der Waals surface area contributed by atoms with Crippen molar-refractivity contribution in [1.82, 2.24) is 0 Å². The fourth-order valence-electron chi connectivity index (χ4n) is 6.02. The van der Waals surface area contributed by atoms with Gasteiger partial charge in [0.05, 0.1) is 12.7 Å². The van der Waals surface area contributed by atoms with Gasteiger partial charge in [-0.25, -0.2) is 13.2 Å². The molecule has 0 amide bonds. The Morgan fingerprint density at radius 2 is 1.62 bits per heavy atom. The van der Waals surface area contributed by atoms with Crippen LogP contribution in [0, 0.1) is 23.4 Å². The Morgan fingerprint density at radius 3 is 2.31 bits per heavy atom. The van der Waals surface area contributed by atoms with Gasteiger partial charge in [0.25, 0.3) is 0 Å². The van der Waals surface area contributed by atoms with Gasteiger partial charge in [0.15, 0.2) is 11.6 Å². The molecule has 0 aliphatic heterocycles. The average Bonchev–Trinajstić information content (AvgIpc) is 2.95. The van der Waals surface area contributed by atoms with Gasteiger partial charge < -0.3 is 9.47 Å². The molecule has 4 rings (SSSR count). The van der Waals surface area contributed by atoms with Crippen LogP contribution in [0.15, 0.2) is 36.4 Å². The van der Waals surface area contributed by atoms with Crippen molar-refractivity contribution >= 4 is 5.57 Å². The van der Waals surface area contributed by atoms with E-state index in [1.807, 2.05) is 18.2 Å². The summed E-state index contributed by atoms with van der Waals surface area (Å²) in [5.41, 5.74) is 2.52. The number of unbranched alkanes of at least 4 members (excludes halogenated alkanes) is 2. The van der Waals surface area contributed by atoms with E-state index < -0.39 is 11.6 Å². The Balaban J connectivity index is 1.26. The minimum atomic E-state index is -0.717. The van der Waals surface area contributed by atoms with E-state index >= 15 is 8.78 Å². The van der Waals surface area contributed by atoms with Crippen LogP contribution in [0.2, 0.25) is 0 Å². The molecule has 0 bridgehead atoms. The van der Waals surface area contributed by atoms with Gasteiger partial charge in [0.1, 0.15) is 11.6 Å². The van der Waals surface area contributed by atoms with Crippen molar-refractivity contribution in [3.63, 3.8) is 0 Å². The number of hydrogen-bond donors (Lipinski definition) is 0. The molecule has 0 aromatic heterocycles. The monoisotopic (exact) mass is 542 g/mol. The molecule has 0 N–H and O–H groups in total. The van der Waals surface area contributed by atoms with E-state index in [-0.39, 0.29) is 17.8 Å². The molecule has 0 spiro atoms. The molecule has 0 saturated heterocycles. The quantitative estimate of drug-likeness (QED) is 0.235. The van der Waals surface area contributed by atoms with Crippen LogP contribution in [0.25, 0.3) is 5.57 Å². The average molecular weight is 543 g/mol. The first-order valence-electron chi connectivity index (χ1n) is 15.2. The molecule has 214 valence electrons. The summed E-state index contributed by atoms with van der Waals surface area (Å²) in [6.07, 6.45) is 13.9. The summed E-state index contributed by atoms with van der Waals surface area (Å²) in [6, 6.07) is 8.80. The lowest BCUT2D eigenvalue weighted by Gasteiger charge is -2.29. The zero-order valence-corrected chi connectivity index (χ0v) is 23.8. The van der Waals surface area contributed by atoms with E-state index in [1.165, 1.54) is 6.07 Å². The third-order valence-corrected chi connectivity index (χ3v) is 8.57. The van der Waals surface area contributed by atoms with Gasteiger partial charge in [-0.2, -0.15) is 0 Å². The Morgan fingerprint density at radius 1 is 0.846 bits per heavy atom. The maximum atomic E-state index is 15.1. The fraction of sp³-hybridized carbons (Fsp3) is 0.588. The van der Waals surface area contributed by atoms with Gasteiger partial charge >= 0.3 is 0 Å². The third-order valence-electron chi connectivity index (χ3n) is 8.57. The van der Waals surface area contributed by atoms with Gasteiger partial charge in [0.2, 0.25) is 0 Å². The van der Waals surface area contributed by atoms with Crippen LogP contribution in [0.1, 0.15) is 114 Å². The molecule has 0 radical (unpaired) electrons. The van der Waals surface area contributed by atoms with Crippen molar-refractivity contribution in [3.05, 3.63) is 70.5 Å². The van der Waals surface area contributed by atoms with Crippen molar-refractivity contribution in [2.45, 2.75) is 109 Å². The van der Waals surface area contributed by atoms with E-state index in [1.54, 1.807) is 12.1 Å². The molecular formula is C34H45F3O2. The van der Waals surface area contributed by atoms with Gasteiger partial charge in [-0.1, -0.05) is 51.0 Å². The van der Waals surface area contributed by atoms with E-state index in [2.05, 4.69) is 13.8 Å². The van der Waals surface area contributed by atoms with Crippen LogP contribution in [0.5, 0.6) is 5.75 Å². The van der Waals surface area contributed by atoms with E-state index in [0.717, 1.165) is 88.4 Å². The van der Waals surface area contributed by atoms with Crippen molar-refractivity contribution in [1.29, 1.82) is 0 Å². The Hall–Kier alpha value is -2.27. The van der Waals surface area contributed by atoms with Crippen molar-refractivity contribution < 1.29 is 22.6 Å². The molecule has 2 aliphatic carbocycles. The molecule has 39 heavy (non-hydrogen) atoms. The summed E-state index contributed by atoms with van der Waals surface area (Å²) in [4.78, 5) is 0. The molecule has 2 nitrogen and oxygen atoms in total. The predicted molar refractivity (Wildman–Crippen MR) is 153 cm³/mol. The van der Waals surface area contributed by atoms with Crippen LogP contribution >= 0.6 is 0 Å². The highest BCUT2D eigenvalue weighted by Crippen LogP contribution is 2.39. The lowest BCUT2D eigenvalue weighted by atomic mass is 9.76. The number of rotatable bonds is 13.